The van der Waals surface area contributed by atoms with E-state index in [1.54, 1.807) is 6.92 Å². The molecule has 4 nitrogen and oxygen atoms in total. The minimum absolute atomic E-state index is 0.0243. The summed E-state index contributed by atoms with van der Waals surface area (Å²) in [4.78, 5) is 0.0243. The minimum Gasteiger partial charge on any atom is -0.314 e. The van der Waals surface area contributed by atoms with Crippen molar-refractivity contribution >= 4 is 10.0 Å². The van der Waals surface area contributed by atoms with Gasteiger partial charge in [-0.15, -0.1) is 0 Å². The Balaban J connectivity index is 2.43. The van der Waals surface area contributed by atoms with E-state index in [9.17, 15) is 12.8 Å². The van der Waals surface area contributed by atoms with Gasteiger partial charge in [-0.05, 0) is 38.5 Å². The second kappa shape index (κ2) is 5.19. The van der Waals surface area contributed by atoms with Crippen molar-refractivity contribution in [3.05, 3.63) is 29.6 Å². The Morgan fingerprint density at radius 2 is 1.84 bits per heavy atom. The maximum Gasteiger partial charge on any atom is 0.243 e. The van der Waals surface area contributed by atoms with Crippen LogP contribution in [0.15, 0.2) is 23.1 Å². The van der Waals surface area contributed by atoms with Crippen molar-refractivity contribution in [2.75, 3.05) is 13.1 Å². The predicted octanol–water partition coefficient (Wildman–Crippen LogP) is 1.51. The molecule has 1 aromatic rings. The summed E-state index contributed by atoms with van der Waals surface area (Å²) in [5.41, 5.74) is 0.445. The Morgan fingerprint density at radius 3 is 2.37 bits per heavy atom. The van der Waals surface area contributed by atoms with E-state index in [0.29, 0.717) is 18.7 Å². The van der Waals surface area contributed by atoms with Crippen LogP contribution in [0.2, 0.25) is 0 Å². The van der Waals surface area contributed by atoms with Gasteiger partial charge in [0.15, 0.2) is 0 Å². The molecule has 1 heterocycles. The third kappa shape index (κ3) is 2.66. The molecule has 0 radical (unpaired) electrons. The second-order valence-corrected chi connectivity index (χ2v) is 6.95. The summed E-state index contributed by atoms with van der Waals surface area (Å²) in [6, 6.07) is 3.79. The van der Waals surface area contributed by atoms with Crippen LogP contribution in [0, 0.1) is 12.7 Å². The van der Waals surface area contributed by atoms with Crippen molar-refractivity contribution < 1.29 is 12.8 Å². The van der Waals surface area contributed by atoms with Crippen molar-refractivity contribution in [2.45, 2.75) is 37.8 Å². The van der Waals surface area contributed by atoms with Crippen molar-refractivity contribution in [3.8, 4) is 0 Å². The largest absolute Gasteiger partial charge is 0.314 e. The van der Waals surface area contributed by atoms with Gasteiger partial charge >= 0.3 is 0 Å². The molecule has 0 amide bonds. The first kappa shape index (κ1) is 14.4. The molecule has 0 saturated carbocycles. The fourth-order valence-corrected chi connectivity index (χ4v) is 4.28. The van der Waals surface area contributed by atoms with E-state index >= 15 is 0 Å². The number of piperazine rings is 1. The van der Waals surface area contributed by atoms with Crippen LogP contribution in [0.4, 0.5) is 4.39 Å². The lowest BCUT2D eigenvalue weighted by atomic mass is 10.2. The number of halogens is 1. The lowest BCUT2D eigenvalue weighted by Crippen LogP contribution is -2.57. The first-order valence-corrected chi connectivity index (χ1v) is 7.78. The number of aryl methyl sites for hydroxylation is 1. The number of sulfonamides is 1. The molecular weight excluding hydrogens is 267 g/mol. The van der Waals surface area contributed by atoms with E-state index in [1.807, 2.05) is 13.8 Å². The number of nitrogens with one attached hydrogen (secondary N) is 1. The summed E-state index contributed by atoms with van der Waals surface area (Å²) in [6.45, 7) is 6.53. The molecular formula is C13H19FN2O2S. The topological polar surface area (TPSA) is 49.4 Å². The van der Waals surface area contributed by atoms with Crippen molar-refractivity contribution in [3.63, 3.8) is 0 Å². The van der Waals surface area contributed by atoms with E-state index < -0.39 is 15.8 Å². The highest BCUT2D eigenvalue weighted by Crippen LogP contribution is 2.24. The predicted molar refractivity (Wildman–Crippen MR) is 72.0 cm³/mol. The Hall–Kier alpha value is -0.980. The number of hydrogen-bond donors (Lipinski definition) is 1. The van der Waals surface area contributed by atoms with Gasteiger partial charge in [0.2, 0.25) is 10.0 Å². The van der Waals surface area contributed by atoms with Gasteiger partial charge in [0.1, 0.15) is 5.82 Å². The van der Waals surface area contributed by atoms with Gasteiger partial charge in [-0.3, -0.25) is 0 Å². The third-order valence-electron chi connectivity index (χ3n) is 3.47. The van der Waals surface area contributed by atoms with Gasteiger partial charge in [0, 0.05) is 25.2 Å². The lowest BCUT2D eigenvalue weighted by molar-refractivity contribution is 0.220. The molecule has 1 N–H and O–H groups in total. The first-order chi connectivity index (χ1) is 8.84. The number of hydrogen-bond acceptors (Lipinski definition) is 3. The second-order valence-electron chi connectivity index (χ2n) is 5.10. The van der Waals surface area contributed by atoms with Crippen LogP contribution in [0.3, 0.4) is 0 Å². The zero-order chi connectivity index (χ0) is 14.2. The van der Waals surface area contributed by atoms with Crippen molar-refractivity contribution in [1.29, 1.82) is 0 Å². The summed E-state index contributed by atoms with van der Waals surface area (Å²) < 4.78 is 40.2. The summed E-state index contributed by atoms with van der Waals surface area (Å²) in [6.07, 6.45) is 0. The Kier molecular flexibility index (Phi) is 3.94. The highest BCUT2D eigenvalue weighted by molar-refractivity contribution is 7.89. The van der Waals surface area contributed by atoms with Crippen LogP contribution < -0.4 is 5.32 Å². The molecule has 0 spiro atoms. The quantitative estimate of drug-likeness (QED) is 0.896. The zero-order valence-corrected chi connectivity index (χ0v) is 12.2. The van der Waals surface area contributed by atoms with Crippen LogP contribution in [0.1, 0.15) is 19.4 Å². The van der Waals surface area contributed by atoms with E-state index in [1.165, 1.54) is 16.4 Å². The normalized spacial score (nSPS) is 25.5. The first-order valence-electron chi connectivity index (χ1n) is 6.34. The Labute approximate surface area is 113 Å². The van der Waals surface area contributed by atoms with Crippen molar-refractivity contribution in [1.82, 2.24) is 9.62 Å². The Morgan fingerprint density at radius 1 is 1.26 bits per heavy atom. The van der Waals surface area contributed by atoms with E-state index in [0.717, 1.165) is 6.07 Å². The molecule has 0 bridgehead atoms. The number of benzene rings is 1. The molecule has 19 heavy (non-hydrogen) atoms. The highest BCUT2D eigenvalue weighted by Gasteiger charge is 2.35. The minimum atomic E-state index is -3.65. The molecule has 0 aromatic heterocycles. The molecule has 1 saturated heterocycles. The molecule has 1 aromatic carbocycles. The maximum absolute atomic E-state index is 13.6. The molecule has 2 unspecified atom stereocenters. The van der Waals surface area contributed by atoms with Gasteiger partial charge < -0.3 is 5.32 Å². The average Bonchev–Trinajstić information content (AvgIpc) is 2.32. The van der Waals surface area contributed by atoms with Crippen molar-refractivity contribution in [2.24, 2.45) is 0 Å². The van der Waals surface area contributed by atoms with E-state index in [2.05, 4.69) is 5.32 Å². The SMILES string of the molecule is Cc1ccc(S(=O)(=O)N2C(C)CNCC2C)cc1F. The van der Waals surface area contributed by atoms with Gasteiger partial charge in [0.05, 0.1) is 4.90 Å². The molecule has 1 aliphatic heterocycles. The van der Waals surface area contributed by atoms with E-state index in [-0.39, 0.29) is 17.0 Å². The monoisotopic (exact) mass is 286 g/mol. The summed E-state index contributed by atoms with van der Waals surface area (Å²) in [5, 5.41) is 3.18. The average molecular weight is 286 g/mol. The molecule has 1 aliphatic rings. The molecule has 106 valence electrons. The van der Waals surface area contributed by atoms with Gasteiger partial charge in [-0.1, -0.05) is 6.07 Å². The van der Waals surface area contributed by atoms with Crippen LogP contribution >= 0.6 is 0 Å². The molecule has 1 fully saturated rings. The fourth-order valence-electron chi connectivity index (χ4n) is 2.45. The molecule has 0 aliphatic carbocycles. The smallest absolute Gasteiger partial charge is 0.243 e. The van der Waals surface area contributed by atoms with Gasteiger partial charge in [-0.2, -0.15) is 4.31 Å². The Bertz CT molecular complexity index is 564. The summed E-state index contributed by atoms with van der Waals surface area (Å²) in [5.74, 6) is -0.489. The lowest BCUT2D eigenvalue weighted by Gasteiger charge is -2.38. The highest BCUT2D eigenvalue weighted by atomic mass is 32.2. The standard InChI is InChI=1S/C13H19FN2O2S/c1-9-4-5-12(6-13(9)14)19(17,18)16-10(2)7-15-8-11(16)3/h4-6,10-11,15H,7-8H2,1-3H3. The van der Waals surface area contributed by atoms with Gasteiger partial charge in [0.25, 0.3) is 0 Å². The zero-order valence-electron chi connectivity index (χ0n) is 11.4. The van der Waals surface area contributed by atoms with Crippen LogP contribution in [0.5, 0.6) is 0 Å². The number of nitrogens with zero attached hydrogens (tertiary/aromatic N) is 1. The maximum atomic E-state index is 13.6. The molecule has 2 rings (SSSR count). The van der Waals surface area contributed by atoms with Crippen LogP contribution in [-0.2, 0) is 10.0 Å². The van der Waals surface area contributed by atoms with Crippen LogP contribution in [0.25, 0.3) is 0 Å². The molecule has 2 atom stereocenters. The fraction of sp³-hybridized carbons (Fsp3) is 0.538. The van der Waals surface area contributed by atoms with Gasteiger partial charge in [-0.25, -0.2) is 12.8 Å². The summed E-state index contributed by atoms with van der Waals surface area (Å²) >= 11 is 0. The number of rotatable bonds is 2. The third-order valence-corrected chi connectivity index (χ3v) is 5.59. The summed E-state index contributed by atoms with van der Waals surface area (Å²) in [7, 11) is -3.65. The van der Waals surface area contributed by atoms with Crippen LogP contribution in [-0.4, -0.2) is 37.9 Å². The molecule has 6 heteroatoms. The van der Waals surface area contributed by atoms with E-state index in [4.69, 9.17) is 0 Å².